The Kier molecular flexibility index (Phi) is 5.65. The van der Waals surface area contributed by atoms with Crippen molar-refractivity contribution in [3.8, 4) is 23.1 Å². The van der Waals surface area contributed by atoms with E-state index in [1.807, 2.05) is 57.2 Å². The number of ether oxygens (including phenoxy) is 2. The lowest BCUT2D eigenvalue weighted by molar-refractivity contribution is -0.157. The van der Waals surface area contributed by atoms with Crippen LogP contribution in [0.5, 0.6) is 5.75 Å². The third-order valence-electron chi connectivity index (χ3n) is 4.55. The molecule has 0 aliphatic carbocycles. The van der Waals surface area contributed by atoms with Crippen molar-refractivity contribution < 1.29 is 14.3 Å². The minimum Gasteiger partial charge on any atom is -0.482 e. The molecule has 5 nitrogen and oxygen atoms in total. The molecule has 0 spiro atoms. The largest absolute Gasteiger partial charge is 0.482 e. The third kappa shape index (κ3) is 4.43. The molecule has 0 saturated carbocycles. The minimum atomic E-state index is -0.538. The van der Waals surface area contributed by atoms with E-state index in [2.05, 4.69) is 30.6 Å². The van der Waals surface area contributed by atoms with Gasteiger partial charge in [0.1, 0.15) is 17.4 Å². The number of aromatic nitrogens is 1. The summed E-state index contributed by atoms with van der Waals surface area (Å²) < 4.78 is 13.0. The Hall–Kier alpha value is -3.26. The number of nitrogens with zero attached hydrogens (tertiary/aromatic N) is 2. The van der Waals surface area contributed by atoms with Gasteiger partial charge < -0.3 is 14.0 Å². The summed E-state index contributed by atoms with van der Waals surface area (Å²) in [6, 6.07) is 16.0. The molecule has 0 radical (unpaired) electrons. The Labute approximate surface area is 171 Å². The number of carbonyl (C=O) groups excluding carboxylic acids is 1. The van der Waals surface area contributed by atoms with Crippen LogP contribution in [0.1, 0.15) is 38.8 Å². The molecule has 0 unspecified atom stereocenters. The zero-order valence-corrected chi connectivity index (χ0v) is 17.6. The molecule has 29 heavy (non-hydrogen) atoms. The summed E-state index contributed by atoms with van der Waals surface area (Å²) in [5.41, 5.74) is 4.18. The quantitative estimate of drug-likeness (QED) is 0.560. The summed E-state index contributed by atoms with van der Waals surface area (Å²) in [4.78, 5) is 11.8. The fourth-order valence-electron chi connectivity index (χ4n) is 3.42. The first kappa shape index (κ1) is 20.5. The summed E-state index contributed by atoms with van der Waals surface area (Å²) >= 11 is 0. The van der Waals surface area contributed by atoms with E-state index in [0.29, 0.717) is 11.3 Å². The number of carbonyl (C=O) groups is 1. The van der Waals surface area contributed by atoms with Gasteiger partial charge in [-0.05, 0) is 76.1 Å². The lowest BCUT2D eigenvalue weighted by Crippen LogP contribution is -2.27. The number of hydrogen-bond donors (Lipinski definition) is 0. The Morgan fingerprint density at radius 3 is 2.41 bits per heavy atom. The lowest BCUT2D eigenvalue weighted by Gasteiger charge is -2.19. The molecule has 1 heterocycles. The standard InChI is InChI=1S/C24H26N2O3/c1-6-26-21-13-16(2)7-12-19(21)20(14-25)23(26)17-8-10-18(11-9-17)28-15-22(27)29-24(3,4)5/h7-13H,6,15H2,1-5H3. The molecule has 0 N–H and O–H groups in total. The van der Waals surface area contributed by atoms with Crippen molar-refractivity contribution in [2.45, 2.75) is 46.8 Å². The molecule has 0 saturated heterocycles. The van der Waals surface area contributed by atoms with Crippen molar-refractivity contribution in [3.63, 3.8) is 0 Å². The normalized spacial score (nSPS) is 11.3. The van der Waals surface area contributed by atoms with Gasteiger partial charge >= 0.3 is 5.97 Å². The third-order valence-corrected chi connectivity index (χ3v) is 4.55. The molecule has 1 aromatic heterocycles. The van der Waals surface area contributed by atoms with Gasteiger partial charge in [0, 0.05) is 11.9 Å². The SMILES string of the molecule is CCn1c(-c2ccc(OCC(=O)OC(C)(C)C)cc2)c(C#N)c2ccc(C)cc21. The van der Waals surface area contributed by atoms with Crippen LogP contribution in [0.2, 0.25) is 0 Å². The van der Waals surface area contributed by atoms with E-state index in [1.54, 1.807) is 0 Å². The van der Waals surface area contributed by atoms with Crippen LogP contribution in [0, 0.1) is 18.3 Å². The molecular formula is C24H26N2O3. The van der Waals surface area contributed by atoms with Gasteiger partial charge in [-0.25, -0.2) is 4.79 Å². The number of hydrogen-bond acceptors (Lipinski definition) is 4. The molecule has 5 heteroatoms. The predicted octanol–water partition coefficient (Wildman–Crippen LogP) is 5.23. The van der Waals surface area contributed by atoms with Gasteiger partial charge in [0.15, 0.2) is 6.61 Å². The number of nitriles is 1. The van der Waals surface area contributed by atoms with E-state index in [9.17, 15) is 10.1 Å². The maximum atomic E-state index is 11.8. The maximum Gasteiger partial charge on any atom is 0.344 e. The Morgan fingerprint density at radius 2 is 1.83 bits per heavy atom. The van der Waals surface area contributed by atoms with E-state index in [0.717, 1.165) is 34.3 Å². The second kappa shape index (κ2) is 8.00. The highest BCUT2D eigenvalue weighted by Crippen LogP contribution is 2.34. The number of esters is 1. The molecule has 3 aromatic rings. The second-order valence-electron chi connectivity index (χ2n) is 8.00. The van der Waals surface area contributed by atoms with Crippen LogP contribution in [0.4, 0.5) is 0 Å². The van der Waals surface area contributed by atoms with Crippen molar-refractivity contribution in [3.05, 3.63) is 53.6 Å². The van der Waals surface area contributed by atoms with Crippen molar-refractivity contribution in [1.82, 2.24) is 4.57 Å². The minimum absolute atomic E-state index is 0.144. The lowest BCUT2D eigenvalue weighted by atomic mass is 10.1. The van der Waals surface area contributed by atoms with E-state index in [-0.39, 0.29) is 6.61 Å². The first-order valence-electron chi connectivity index (χ1n) is 9.71. The maximum absolute atomic E-state index is 11.8. The summed E-state index contributed by atoms with van der Waals surface area (Å²) in [5, 5.41) is 10.8. The van der Waals surface area contributed by atoms with E-state index in [1.165, 1.54) is 0 Å². The molecule has 3 rings (SSSR count). The highest BCUT2D eigenvalue weighted by Gasteiger charge is 2.19. The Balaban J connectivity index is 1.89. The molecule has 0 atom stereocenters. The molecule has 0 amide bonds. The van der Waals surface area contributed by atoms with Crippen LogP contribution in [0.25, 0.3) is 22.2 Å². The van der Waals surface area contributed by atoms with Crippen LogP contribution < -0.4 is 4.74 Å². The smallest absolute Gasteiger partial charge is 0.344 e. The van der Waals surface area contributed by atoms with E-state index in [4.69, 9.17) is 9.47 Å². The zero-order valence-electron chi connectivity index (χ0n) is 17.6. The van der Waals surface area contributed by atoms with E-state index >= 15 is 0 Å². The number of aryl methyl sites for hydroxylation is 2. The molecule has 0 aliphatic rings. The summed E-state index contributed by atoms with van der Waals surface area (Å²) in [5.74, 6) is 0.169. The molecule has 0 bridgehead atoms. The Morgan fingerprint density at radius 1 is 1.14 bits per heavy atom. The second-order valence-corrected chi connectivity index (χ2v) is 8.00. The fourth-order valence-corrected chi connectivity index (χ4v) is 3.42. The monoisotopic (exact) mass is 390 g/mol. The summed E-state index contributed by atoms with van der Waals surface area (Å²) in [6.07, 6.45) is 0. The predicted molar refractivity (Wildman–Crippen MR) is 114 cm³/mol. The zero-order chi connectivity index (χ0) is 21.2. The summed E-state index contributed by atoms with van der Waals surface area (Å²) in [7, 11) is 0. The van der Waals surface area contributed by atoms with Crippen LogP contribution in [-0.4, -0.2) is 22.7 Å². The van der Waals surface area contributed by atoms with Gasteiger partial charge in [-0.1, -0.05) is 12.1 Å². The van der Waals surface area contributed by atoms with Gasteiger partial charge in [0.25, 0.3) is 0 Å². The number of fused-ring (bicyclic) bond motifs is 1. The molecule has 150 valence electrons. The molecule has 0 aliphatic heterocycles. The molecular weight excluding hydrogens is 364 g/mol. The fraction of sp³-hybridized carbons (Fsp3) is 0.333. The van der Waals surface area contributed by atoms with Crippen molar-refractivity contribution in [1.29, 1.82) is 5.26 Å². The summed E-state index contributed by atoms with van der Waals surface area (Å²) in [6.45, 7) is 10.2. The first-order chi connectivity index (χ1) is 13.7. The van der Waals surface area contributed by atoms with Gasteiger partial charge in [-0.2, -0.15) is 5.26 Å². The van der Waals surface area contributed by atoms with Crippen LogP contribution in [0.15, 0.2) is 42.5 Å². The van der Waals surface area contributed by atoms with Crippen LogP contribution in [-0.2, 0) is 16.1 Å². The average molecular weight is 390 g/mol. The van der Waals surface area contributed by atoms with Crippen molar-refractivity contribution >= 4 is 16.9 Å². The van der Waals surface area contributed by atoms with Crippen LogP contribution in [0.3, 0.4) is 0 Å². The van der Waals surface area contributed by atoms with Crippen molar-refractivity contribution in [2.24, 2.45) is 0 Å². The Bertz CT molecular complexity index is 1080. The number of rotatable bonds is 5. The highest BCUT2D eigenvalue weighted by atomic mass is 16.6. The number of benzene rings is 2. The van der Waals surface area contributed by atoms with E-state index < -0.39 is 11.6 Å². The van der Waals surface area contributed by atoms with Gasteiger partial charge in [-0.3, -0.25) is 0 Å². The van der Waals surface area contributed by atoms with Crippen LogP contribution >= 0.6 is 0 Å². The average Bonchev–Trinajstić information content (AvgIpc) is 2.98. The first-order valence-corrected chi connectivity index (χ1v) is 9.71. The van der Waals surface area contributed by atoms with Gasteiger partial charge in [-0.15, -0.1) is 0 Å². The topological polar surface area (TPSA) is 64.2 Å². The van der Waals surface area contributed by atoms with Gasteiger partial charge in [0.2, 0.25) is 0 Å². The highest BCUT2D eigenvalue weighted by molar-refractivity contribution is 5.95. The van der Waals surface area contributed by atoms with Crippen molar-refractivity contribution in [2.75, 3.05) is 6.61 Å². The van der Waals surface area contributed by atoms with Gasteiger partial charge in [0.05, 0.1) is 16.8 Å². The molecule has 2 aromatic carbocycles. The molecule has 0 fully saturated rings.